The number of aromatic carboxylic acids is 4. The van der Waals surface area contributed by atoms with Crippen molar-refractivity contribution >= 4 is 100.0 Å². The minimum Gasteiger partial charge on any atom is -0.506 e. The summed E-state index contributed by atoms with van der Waals surface area (Å²) in [5.74, 6) is -2.33. The lowest BCUT2D eigenvalue weighted by Gasteiger charge is -2.26. The topological polar surface area (TPSA) is 302 Å². The summed E-state index contributed by atoms with van der Waals surface area (Å²) in [6.07, 6.45) is 0. The number of aryl methyl sites for hydroxylation is 6. The number of fused-ring (bicyclic) bond motifs is 4. The fourth-order valence-electron chi connectivity index (χ4n) is 13.4. The molecule has 112 heavy (non-hydrogen) atoms. The third-order valence-corrected chi connectivity index (χ3v) is 21.1. The van der Waals surface area contributed by atoms with Crippen LogP contribution in [0.3, 0.4) is 0 Å². The Bertz CT molecular complexity index is 5820. The highest BCUT2D eigenvalue weighted by Gasteiger charge is 2.22. The van der Waals surface area contributed by atoms with Crippen molar-refractivity contribution in [3.05, 3.63) is 336 Å². The number of ether oxygens (including phenoxy) is 2. The number of phenols is 4. The Labute approximate surface area is 656 Å². The van der Waals surface area contributed by atoms with Gasteiger partial charge in [-0.25, -0.2) is 19.2 Å². The van der Waals surface area contributed by atoms with E-state index in [2.05, 4.69) is 85.1 Å². The van der Waals surface area contributed by atoms with Gasteiger partial charge in [-0.1, -0.05) is 143 Å². The number of hydrogen-bond acceptors (Lipinski definition) is 14. The summed E-state index contributed by atoms with van der Waals surface area (Å²) >= 11 is 3.55. The van der Waals surface area contributed by atoms with E-state index >= 15 is 0 Å². The van der Waals surface area contributed by atoms with Crippen LogP contribution >= 0.6 is 15.9 Å². The molecule has 18 nitrogen and oxygen atoms in total. The molecule has 0 spiro atoms. The van der Waals surface area contributed by atoms with E-state index < -0.39 is 23.9 Å². The molecule has 0 fully saturated rings. The van der Waals surface area contributed by atoms with Gasteiger partial charge in [0.2, 0.25) is 0 Å². The number of rotatable bonds is 20. The molecule has 568 valence electrons. The van der Waals surface area contributed by atoms with Crippen LogP contribution in [0.5, 0.6) is 46.0 Å². The number of carboxylic acids is 4. The fourth-order valence-corrected chi connectivity index (χ4v) is 13.7. The smallest absolute Gasteiger partial charge is 0.339 e. The number of anilines is 3. The Morgan fingerprint density at radius 3 is 1.03 bits per heavy atom. The highest BCUT2D eigenvalue weighted by atomic mass is 79.9. The van der Waals surface area contributed by atoms with Gasteiger partial charge in [0, 0.05) is 75.8 Å². The lowest BCUT2D eigenvalue weighted by molar-refractivity contribution is 0.0682. The zero-order valence-corrected chi connectivity index (χ0v) is 64.6. The predicted molar refractivity (Wildman–Crippen MR) is 447 cm³/mol. The average Bonchev–Trinajstić information content (AvgIpc) is 0.814. The molecule has 19 heteroatoms. The van der Waals surface area contributed by atoms with Crippen molar-refractivity contribution in [1.29, 1.82) is 0 Å². The molecule has 14 aromatic carbocycles. The van der Waals surface area contributed by atoms with Gasteiger partial charge in [0.25, 0.3) is 0 Å². The molecule has 0 amide bonds. The van der Waals surface area contributed by atoms with Gasteiger partial charge in [0.05, 0.1) is 0 Å². The number of nitrogens with two attached hydrogens (primary N) is 1. The summed E-state index contributed by atoms with van der Waals surface area (Å²) in [6.45, 7) is 18.8. The first-order valence-electron chi connectivity index (χ1n) is 36.0. The van der Waals surface area contributed by atoms with Crippen molar-refractivity contribution in [2.45, 2.75) is 88.1 Å². The number of nitrogens with zero attached hydrogens (tertiary/aromatic N) is 1. The third kappa shape index (κ3) is 18.5. The van der Waals surface area contributed by atoms with Crippen molar-refractivity contribution in [1.82, 2.24) is 0 Å². The second-order valence-electron chi connectivity index (χ2n) is 27.4. The lowest BCUT2D eigenvalue weighted by atomic mass is 9.98. The number of hydrogen-bond donors (Lipinski definition) is 11. The molecule has 0 aliphatic rings. The Hall–Kier alpha value is -13.4. The van der Waals surface area contributed by atoms with E-state index in [0.29, 0.717) is 53.3 Å². The maximum atomic E-state index is 11.9. The maximum absolute atomic E-state index is 11.9. The van der Waals surface area contributed by atoms with Crippen LogP contribution in [0.25, 0.3) is 43.1 Å². The molecular formula is C93H85BrN4O14. The number of benzene rings is 14. The van der Waals surface area contributed by atoms with Gasteiger partial charge < -0.3 is 71.6 Å². The first-order valence-corrected chi connectivity index (χ1v) is 36.8. The summed E-state index contributed by atoms with van der Waals surface area (Å²) < 4.78 is 13.3. The van der Waals surface area contributed by atoms with Crippen LogP contribution in [0.15, 0.2) is 241 Å². The highest BCUT2D eigenvalue weighted by Crippen LogP contribution is 2.39. The maximum Gasteiger partial charge on any atom is 0.339 e. The summed E-state index contributed by atoms with van der Waals surface area (Å²) in [5.41, 5.74) is 21.8. The molecule has 0 aliphatic heterocycles. The quantitative estimate of drug-likeness (QED) is 0.0338. The van der Waals surface area contributed by atoms with Gasteiger partial charge in [-0.15, -0.1) is 0 Å². The molecule has 0 radical (unpaired) electrons. The summed E-state index contributed by atoms with van der Waals surface area (Å²) in [5, 5.41) is 90.5. The van der Waals surface area contributed by atoms with Gasteiger partial charge in [-0.3, -0.25) is 0 Å². The average molecular weight is 1560 g/mol. The minimum atomic E-state index is -1.16. The molecule has 14 aromatic rings. The Morgan fingerprint density at radius 1 is 0.348 bits per heavy atom. The molecule has 0 aliphatic carbocycles. The van der Waals surface area contributed by atoms with E-state index in [0.717, 1.165) is 99.5 Å². The monoisotopic (exact) mass is 1560 g/mol. The molecule has 0 bridgehead atoms. The molecule has 0 atom stereocenters. The lowest BCUT2D eigenvalue weighted by Crippen LogP contribution is -2.22. The highest BCUT2D eigenvalue weighted by molar-refractivity contribution is 9.10. The summed E-state index contributed by atoms with van der Waals surface area (Å²) in [4.78, 5) is 48.0. The van der Waals surface area contributed by atoms with Crippen LogP contribution in [0.4, 0.5) is 17.1 Å². The van der Waals surface area contributed by atoms with Crippen LogP contribution in [-0.4, -0.2) is 64.7 Å². The van der Waals surface area contributed by atoms with E-state index in [1.54, 1.807) is 54.6 Å². The molecule has 14 rings (SSSR count). The Morgan fingerprint density at radius 2 is 0.661 bits per heavy atom. The molecular weight excluding hydrogens is 1480 g/mol. The Kier molecular flexibility index (Phi) is 25.1. The normalized spacial score (nSPS) is 10.8. The van der Waals surface area contributed by atoms with Gasteiger partial charge in [-0.05, 0) is 258 Å². The molecule has 0 saturated carbocycles. The molecule has 0 heterocycles. The second kappa shape index (κ2) is 35.3. The minimum absolute atomic E-state index is 0.0846. The molecule has 0 aromatic heterocycles. The van der Waals surface area contributed by atoms with Crippen LogP contribution < -0.4 is 30.7 Å². The van der Waals surface area contributed by atoms with E-state index in [9.17, 15) is 54.9 Å². The van der Waals surface area contributed by atoms with Crippen LogP contribution in [-0.2, 0) is 32.7 Å². The summed E-state index contributed by atoms with van der Waals surface area (Å²) in [6, 6.07) is 73.0. The first kappa shape index (κ1) is 79.7. The largest absolute Gasteiger partial charge is 0.506 e. The van der Waals surface area contributed by atoms with Crippen molar-refractivity contribution in [2.75, 3.05) is 15.5 Å². The SMILES string of the molecule is Cc1cc(NCc2cc(C(=O)O)c(O)c3ccccc23)cc(C)c1Br.Cc1cc(Oc2ccc(N(Cc3ccccc3)Cc3cc(C(=O)O)c(O)c4ccccc34)cc2)cc(C)c1C.Cc1cc(Oc2ccc(NCc3cc(C(=O)O)c(O)c4ccccc34)cc2)cc(C)c1C.NCc1cc(C(=O)O)c(O)c2ccccc12. The number of nitrogens with one attached hydrogen (secondary N) is 2. The van der Waals surface area contributed by atoms with Crippen molar-refractivity contribution in [3.63, 3.8) is 0 Å². The zero-order valence-electron chi connectivity index (χ0n) is 63.0. The molecule has 12 N–H and O–H groups in total. The molecule has 0 unspecified atom stereocenters. The Balaban J connectivity index is 0.000000154. The van der Waals surface area contributed by atoms with Gasteiger partial charge in [-0.2, -0.15) is 0 Å². The second-order valence-corrected chi connectivity index (χ2v) is 28.2. The van der Waals surface area contributed by atoms with Crippen LogP contribution in [0.1, 0.15) is 114 Å². The van der Waals surface area contributed by atoms with Crippen molar-refractivity contribution in [3.8, 4) is 46.0 Å². The molecule has 0 saturated heterocycles. The zero-order chi connectivity index (χ0) is 80.2. The van der Waals surface area contributed by atoms with Crippen molar-refractivity contribution < 1.29 is 69.5 Å². The van der Waals surface area contributed by atoms with Gasteiger partial charge in [0.15, 0.2) is 0 Å². The predicted octanol–water partition coefficient (Wildman–Crippen LogP) is 21.7. The van der Waals surface area contributed by atoms with E-state index in [4.69, 9.17) is 20.3 Å². The van der Waals surface area contributed by atoms with E-state index in [1.807, 2.05) is 166 Å². The number of carboxylic acid groups (broad SMARTS) is 4. The van der Waals surface area contributed by atoms with Crippen LogP contribution in [0.2, 0.25) is 0 Å². The van der Waals surface area contributed by atoms with E-state index in [-0.39, 0.29) is 51.8 Å². The number of carbonyl (C=O) groups is 4. The van der Waals surface area contributed by atoms with Gasteiger partial charge >= 0.3 is 23.9 Å². The first-order chi connectivity index (χ1) is 53.7. The third-order valence-electron chi connectivity index (χ3n) is 19.9. The van der Waals surface area contributed by atoms with E-state index in [1.165, 1.54) is 51.6 Å². The number of aromatic hydroxyl groups is 4. The van der Waals surface area contributed by atoms with Gasteiger partial charge in [0.1, 0.15) is 68.2 Å². The fraction of sp³-hybridized carbons (Fsp3) is 0.140. The van der Waals surface area contributed by atoms with Crippen LogP contribution in [0, 0.1) is 55.4 Å². The number of halogens is 1. The van der Waals surface area contributed by atoms with Crippen molar-refractivity contribution in [2.24, 2.45) is 5.73 Å². The standard InChI is InChI=1S/C34H31NO4.C27H25NO4.C20H18BrNO3.C12H11NO3/c1-22-17-29(18-23(2)24(22)3)39-28-15-13-27(14-16-28)35(20-25-9-5-4-6-10-25)21-26-19-32(34(37)38)33(36)31-12-8-7-11-30(26)31;1-16-12-22(13-17(2)18(16)3)32-21-10-8-20(9-11-21)28-15-19-14-25(27(30)31)26(29)24-7-5-4-6-23(19)24;1-11-7-14(8-12(2)18(11)21)22-10-13-9-17(20(24)25)19(23)16-6-4-3-5-15(13)16;13-6-7-5-10(12(15)16)11(14)9-4-2-1-3-8(7)9/h4-19,36H,20-21H2,1-3H3,(H,37,38);4-14,28-29H,15H2,1-3H3,(H,30,31);3-9,22-23H,10H2,1-2H3,(H,24,25);1-5,14H,6,13H2,(H,15,16). The summed E-state index contributed by atoms with van der Waals surface area (Å²) in [7, 11) is 0.